The molecule has 0 amide bonds. The molecule has 0 spiro atoms. The Bertz CT molecular complexity index is 643. The largest absolute Gasteiger partial charge is 0.317 e. The zero-order valence-electron chi connectivity index (χ0n) is 15.6. The van der Waals surface area contributed by atoms with Gasteiger partial charge >= 0.3 is 0 Å². The highest BCUT2D eigenvalue weighted by Crippen LogP contribution is 2.27. The molecule has 1 N–H and O–H groups in total. The monoisotopic (exact) mass is 331 g/mol. The average molecular weight is 332 g/mol. The van der Waals surface area contributed by atoms with Gasteiger partial charge in [-0.1, -0.05) is 86.6 Å². The van der Waals surface area contributed by atoms with Crippen LogP contribution in [0.3, 0.4) is 0 Å². The molecule has 130 valence electrons. The van der Waals surface area contributed by atoms with E-state index in [4.69, 9.17) is 5.41 Å². The van der Waals surface area contributed by atoms with Gasteiger partial charge in [-0.3, -0.25) is 0 Å². The van der Waals surface area contributed by atoms with Crippen LogP contribution in [0.25, 0.3) is 22.3 Å². The van der Waals surface area contributed by atoms with Crippen molar-refractivity contribution in [1.29, 1.82) is 5.41 Å². The highest BCUT2D eigenvalue weighted by Gasteiger charge is 2.02. The lowest BCUT2D eigenvalue weighted by Crippen LogP contribution is -1.84. The van der Waals surface area contributed by atoms with Crippen LogP contribution >= 0.6 is 0 Å². The Balaban J connectivity index is 0.000000871. The van der Waals surface area contributed by atoms with Gasteiger partial charge in [-0.2, -0.15) is 0 Å². The number of nitrogens with one attached hydrogen (secondary N) is 1. The molecular formula is C24H29N. The zero-order valence-corrected chi connectivity index (χ0v) is 15.6. The van der Waals surface area contributed by atoms with E-state index in [2.05, 4.69) is 106 Å². The number of hydrogen-bond donors (Lipinski definition) is 1. The van der Waals surface area contributed by atoms with E-state index in [1.165, 1.54) is 27.8 Å². The lowest BCUT2D eigenvalue weighted by Gasteiger charge is -2.08. The Hall–Kier alpha value is -2.93. The fourth-order valence-corrected chi connectivity index (χ4v) is 2.38. The first-order chi connectivity index (χ1) is 12.3. The number of benzene rings is 3. The lowest BCUT2D eigenvalue weighted by atomic mass is 9.97. The standard InChI is InChI=1S/C19H16.C2H6.C2H4.CH3N/c1-15-12-18(16-8-4-2-5-9-16)14-19(13-15)17-10-6-3-7-11-17;3*1-2/h2-14H,1H3;1-2H3;1-2H2;2H,1H2. The summed E-state index contributed by atoms with van der Waals surface area (Å²) < 4.78 is 0. The highest BCUT2D eigenvalue weighted by atomic mass is 14.2. The van der Waals surface area contributed by atoms with Crippen molar-refractivity contribution < 1.29 is 0 Å². The molecule has 1 heteroatoms. The number of rotatable bonds is 2. The van der Waals surface area contributed by atoms with Gasteiger partial charge in [-0.25, -0.2) is 0 Å². The van der Waals surface area contributed by atoms with Crippen LogP contribution in [0, 0.1) is 12.3 Å². The first-order valence-corrected chi connectivity index (χ1v) is 8.41. The van der Waals surface area contributed by atoms with Crippen molar-refractivity contribution >= 4 is 6.72 Å². The molecule has 0 aliphatic carbocycles. The van der Waals surface area contributed by atoms with E-state index in [9.17, 15) is 0 Å². The number of aryl methyl sites for hydroxylation is 1. The van der Waals surface area contributed by atoms with Crippen LogP contribution in [0.5, 0.6) is 0 Å². The molecule has 25 heavy (non-hydrogen) atoms. The van der Waals surface area contributed by atoms with Crippen molar-refractivity contribution in [3.05, 3.63) is 97.6 Å². The molecule has 1 nitrogen and oxygen atoms in total. The van der Waals surface area contributed by atoms with E-state index in [1.807, 2.05) is 13.8 Å². The second-order valence-electron chi connectivity index (χ2n) is 4.82. The maximum Gasteiger partial charge on any atom is -0.0175 e. The third kappa shape index (κ3) is 7.01. The highest BCUT2D eigenvalue weighted by molar-refractivity contribution is 5.74. The van der Waals surface area contributed by atoms with Gasteiger partial charge in [-0.15, -0.1) is 13.2 Å². The second kappa shape index (κ2) is 13.5. The van der Waals surface area contributed by atoms with Crippen LogP contribution in [0.2, 0.25) is 0 Å². The molecule has 0 aliphatic rings. The molecule has 0 aliphatic heterocycles. The van der Waals surface area contributed by atoms with E-state index in [0.29, 0.717) is 0 Å². The predicted molar refractivity (Wildman–Crippen MR) is 114 cm³/mol. The average Bonchev–Trinajstić information content (AvgIpc) is 2.73. The first-order valence-electron chi connectivity index (χ1n) is 8.41. The van der Waals surface area contributed by atoms with Crippen LogP contribution in [-0.2, 0) is 0 Å². The smallest absolute Gasteiger partial charge is 0.0175 e. The van der Waals surface area contributed by atoms with Crippen molar-refractivity contribution in [3.63, 3.8) is 0 Å². The van der Waals surface area contributed by atoms with Crippen molar-refractivity contribution in [1.82, 2.24) is 0 Å². The minimum atomic E-state index is 1.27. The summed E-state index contributed by atoms with van der Waals surface area (Å²) >= 11 is 0. The molecule has 3 aromatic carbocycles. The van der Waals surface area contributed by atoms with E-state index >= 15 is 0 Å². The summed E-state index contributed by atoms with van der Waals surface area (Å²) in [6.45, 7) is 14.7. The molecule has 0 atom stereocenters. The van der Waals surface area contributed by atoms with Crippen LogP contribution in [0.1, 0.15) is 19.4 Å². The summed E-state index contributed by atoms with van der Waals surface area (Å²) in [5.41, 5.74) is 6.38. The molecular weight excluding hydrogens is 302 g/mol. The second-order valence-corrected chi connectivity index (χ2v) is 4.82. The summed E-state index contributed by atoms with van der Waals surface area (Å²) in [7, 11) is 0. The lowest BCUT2D eigenvalue weighted by molar-refractivity contribution is 1.46. The van der Waals surface area contributed by atoms with Crippen molar-refractivity contribution in [2.24, 2.45) is 0 Å². The van der Waals surface area contributed by atoms with Gasteiger partial charge in [-0.05, 0) is 47.5 Å². The van der Waals surface area contributed by atoms with Gasteiger partial charge in [0.2, 0.25) is 0 Å². The fourth-order valence-electron chi connectivity index (χ4n) is 2.38. The van der Waals surface area contributed by atoms with Gasteiger partial charge in [0.25, 0.3) is 0 Å². The zero-order chi connectivity index (χ0) is 19.1. The van der Waals surface area contributed by atoms with E-state index in [0.717, 1.165) is 0 Å². The van der Waals surface area contributed by atoms with Crippen LogP contribution in [0.15, 0.2) is 92.0 Å². The minimum Gasteiger partial charge on any atom is -0.317 e. The van der Waals surface area contributed by atoms with Crippen molar-refractivity contribution in [2.75, 3.05) is 0 Å². The summed E-state index contributed by atoms with van der Waals surface area (Å²) in [6, 6.07) is 27.8. The third-order valence-electron chi connectivity index (χ3n) is 3.29. The SMILES string of the molecule is C=C.C=N.CC.Cc1cc(-c2ccccc2)cc(-c2ccccc2)c1. The molecule has 3 aromatic rings. The molecule has 3 rings (SSSR count). The quantitative estimate of drug-likeness (QED) is 0.373. The summed E-state index contributed by atoms with van der Waals surface area (Å²) in [5, 5.41) is 5.50. The first kappa shape index (κ1) is 22.1. The maximum atomic E-state index is 5.50. The van der Waals surface area contributed by atoms with Crippen molar-refractivity contribution in [3.8, 4) is 22.3 Å². The molecule has 0 aromatic heterocycles. The van der Waals surface area contributed by atoms with Crippen molar-refractivity contribution in [2.45, 2.75) is 20.8 Å². The van der Waals surface area contributed by atoms with E-state index in [-0.39, 0.29) is 0 Å². The minimum absolute atomic E-state index is 1.27. The Labute approximate surface area is 153 Å². The predicted octanol–water partition coefficient (Wildman–Crippen LogP) is 7.42. The summed E-state index contributed by atoms with van der Waals surface area (Å²) in [4.78, 5) is 0. The Morgan fingerprint density at radius 3 is 1.20 bits per heavy atom. The Kier molecular flexibility index (Phi) is 11.9. The Morgan fingerprint density at radius 1 is 0.560 bits per heavy atom. The maximum absolute atomic E-state index is 5.50. The number of hydrogen-bond acceptors (Lipinski definition) is 1. The molecule has 0 heterocycles. The third-order valence-corrected chi connectivity index (χ3v) is 3.29. The molecule has 0 radical (unpaired) electrons. The molecule has 0 saturated carbocycles. The van der Waals surface area contributed by atoms with Gasteiger partial charge in [0.05, 0.1) is 0 Å². The Morgan fingerprint density at radius 2 is 0.880 bits per heavy atom. The summed E-state index contributed by atoms with van der Waals surface area (Å²) in [6.07, 6.45) is 0. The molecule has 0 unspecified atom stereocenters. The van der Waals surface area contributed by atoms with Crippen LogP contribution < -0.4 is 0 Å². The van der Waals surface area contributed by atoms with Gasteiger partial charge in [0.1, 0.15) is 0 Å². The normalized spacial score (nSPS) is 8.44. The summed E-state index contributed by atoms with van der Waals surface area (Å²) in [5.74, 6) is 0. The molecule has 0 saturated heterocycles. The van der Waals surface area contributed by atoms with E-state index < -0.39 is 0 Å². The van der Waals surface area contributed by atoms with E-state index in [1.54, 1.807) is 0 Å². The van der Waals surface area contributed by atoms with Crippen LogP contribution in [-0.4, -0.2) is 6.72 Å². The topological polar surface area (TPSA) is 23.9 Å². The van der Waals surface area contributed by atoms with Gasteiger partial charge < -0.3 is 5.41 Å². The van der Waals surface area contributed by atoms with Gasteiger partial charge in [0.15, 0.2) is 0 Å². The fraction of sp³-hybridized carbons (Fsp3) is 0.125. The molecule has 0 fully saturated rings. The molecule has 0 bridgehead atoms. The van der Waals surface area contributed by atoms with Gasteiger partial charge in [0, 0.05) is 0 Å². The van der Waals surface area contributed by atoms with Crippen LogP contribution in [0.4, 0.5) is 0 Å².